The van der Waals surface area contributed by atoms with Gasteiger partial charge < -0.3 is 5.32 Å². The summed E-state index contributed by atoms with van der Waals surface area (Å²) in [5.74, 6) is 1.05. The quantitative estimate of drug-likeness (QED) is 0.554. The molecule has 0 aromatic heterocycles. The molecule has 1 amide bonds. The van der Waals surface area contributed by atoms with Gasteiger partial charge in [0.2, 0.25) is 5.91 Å². The average molecular weight is 237 g/mol. The zero-order valence-corrected chi connectivity index (χ0v) is 10.4. The Kier molecular flexibility index (Phi) is 6.74. The van der Waals surface area contributed by atoms with E-state index in [4.69, 9.17) is 0 Å². The lowest BCUT2D eigenvalue weighted by atomic mass is 10.2. The molecule has 1 N–H and O–H groups in total. The van der Waals surface area contributed by atoms with Crippen molar-refractivity contribution in [3.8, 4) is 0 Å². The van der Waals surface area contributed by atoms with Gasteiger partial charge in [-0.2, -0.15) is 12.6 Å². The highest BCUT2D eigenvalue weighted by Crippen LogP contribution is 2.02. The molecule has 2 nitrogen and oxygen atoms in total. The number of hydrogen-bond acceptors (Lipinski definition) is 2. The van der Waals surface area contributed by atoms with Crippen molar-refractivity contribution in [3.05, 3.63) is 35.9 Å². The fraction of sp³-hybridized carbons (Fsp3) is 0.462. The van der Waals surface area contributed by atoms with Crippen molar-refractivity contribution >= 4 is 18.5 Å². The Morgan fingerprint density at radius 1 is 1.12 bits per heavy atom. The molecule has 16 heavy (non-hydrogen) atoms. The highest BCUT2D eigenvalue weighted by molar-refractivity contribution is 7.80. The lowest BCUT2D eigenvalue weighted by Crippen LogP contribution is -2.22. The summed E-state index contributed by atoms with van der Waals surface area (Å²) in [5, 5.41) is 2.92. The first-order chi connectivity index (χ1) is 7.83. The maximum atomic E-state index is 11.4. The molecule has 0 aliphatic rings. The number of carbonyl (C=O) groups excluding carboxylic acids is 1. The number of benzene rings is 1. The lowest BCUT2D eigenvalue weighted by molar-refractivity contribution is -0.121. The molecule has 1 aromatic carbocycles. The zero-order chi connectivity index (χ0) is 11.6. The summed E-state index contributed by atoms with van der Waals surface area (Å²) >= 11 is 4.13. The van der Waals surface area contributed by atoms with Gasteiger partial charge in [0.1, 0.15) is 0 Å². The molecule has 0 bridgehead atoms. The molecule has 1 aromatic rings. The van der Waals surface area contributed by atoms with E-state index in [1.54, 1.807) is 0 Å². The van der Waals surface area contributed by atoms with Gasteiger partial charge in [0, 0.05) is 13.0 Å². The van der Waals surface area contributed by atoms with E-state index in [1.165, 1.54) is 0 Å². The maximum Gasteiger partial charge on any atom is 0.220 e. The van der Waals surface area contributed by atoms with Gasteiger partial charge in [-0.25, -0.2) is 0 Å². The van der Waals surface area contributed by atoms with Crippen molar-refractivity contribution in [3.63, 3.8) is 0 Å². The summed E-state index contributed by atoms with van der Waals surface area (Å²) in [6.07, 6.45) is 3.76. The minimum Gasteiger partial charge on any atom is -0.352 e. The monoisotopic (exact) mass is 237 g/mol. The topological polar surface area (TPSA) is 29.1 Å². The number of unbranched alkanes of at least 4 members (excludes halogenated alkanes) is 2. The molecule has 0 saturated carbocycles. The van der Waals surface area contributed by atoms with Crippen LogP contribution in [0.2, 0.25) is 0 Å². The van der Waals surface area contributed by atoms with Gasteiger partial charge >= 0.3 is 0 Å². The van der Waals surface area contributed by atoms with Crippen molar-refractivity contribution in [2.45, 2.75) is 32.2 Å². The van der Waals surface area contributed by atoms with Crippen LogP contribution in [0.4, 0.5) is 0 Å². The van der Waals surface area contributed by atoms with Gasteiger partial charge in [-0.3, -0.25) is 4.79 Å². The van der Waals surface area contributed by atoms with Crippen LogP contribution in [0, 0.1) is 0 Å². The molecule has 88 valence electrons. The average Bonchev–Trinajstić information content (AvgIpc) is 2.33. The van der Waals surface area contributed by atoms with Crippen LogP contribution in [0.3, 0.4) is 0 Å². The standard InChI is InChI=1S/C13H19NOS/c15-13(9-5-2-6-10-16)14-11-12-7-3-1-4-8-12/h1,3-4,7-8,16H,2,5-6,9-11H2,(H,14,15). The second-order valence-corrected chi connectivity index (χ2v) is 4.24. The number of nitrogens with one attached hydrogen (secondary N) is 1. The van der Waals surface area contributed by atoms with Gasteiger partial charge in [-0.1, -0.05) is 36.8 Å². The Balaban J connectivity index is 2.11. The summed E-state index contributed by atoms with van der Waals surface area (Å²) in [5.41, 5.74) is 1.14. The Morgan fingerprint density at radius 2 is 1.88 bits per heavy atom. The van der Waals surface area contributed by atoms with Crippen molar-refractivity contribution in [2.75, 3.05) is 5.75 Å². The Morgan fingerprint density at radius 3 is 2.56 bits per heavy atom. The van der Waals surface area contributed by atoms with E-state index in [0.29, 0.717) is 13.0 Å². The van der Waals surface area contributed by atoms with Crippen LogP contribution < -0.4 is 5.32 Å². The van der Waals surface area contributed by atoms with Crippen molar-refractivity contribution in [2.24, 2.45) is 0 Å². The third-order valence-electron chi connectivity index (χ3n) is 2.39. The third-order valence-corrected chi connectivity index (χ3v) is 2.71. The highest BCUT2D eigenvalue weighted by Gasteiger charge is 2.00. The molecule has 1 rings (SSSR count). The fourth-order valence-corrected chi connectivity index (χ4v) is 1.68. The van der Waals surface area contributed by atoms with Crippen molar-refractivity contribution in [1.82, 2.24) is 5.32 Å². The maximum absolute atomic E-state index is 11.4. The van der Waals surface area contributed by atoms with E-state index in [2.05, 4.69) is 17.9 Å². The second-order valence-electron chi connectivity index (χ2n) is 3.80. The molecular formula is C13H19NOS. The van der Waals surface area contributed by atoms with Gasteiger partial charge in [0.15, 0.2) is 0 Å². The summed E-state index contributed by atoms with van der Waals surface area (Å²) < 4.78 is 0. The predicted octanol–water partition coefficient (Wildman–Crippen LogP) is 2.79. The fourth-order valence-electron chi connectivity index (χ4n) is 1.46. The van der Waals surface area contributed by atoms with Crippen LogP contribution in [-0.2, 0) is 11.3 Å². The minimum atomic E-state index is 0.142. The Bertz CT molecular complexity index is 300. The molecule has 0 fully saturated rings. The first kappa shape index (κ1) is 13.1. The summed E-state index contributed by atoms with van der Waals surface area (Å²) in [6, 6.07) is 9.97. The molecule has 0 aliphatic heterocycles. The number of rotatable bonds is 7. The number of thiol groups is 1. The molecule has 0 saturated heterocycles. The normalized spacial score (nSPS) is 10.1. The van der Waals surface area contributed by atoms with E-state index < -0.39 is 0 Å². The van der Waals surface area contributed by atoms with Gasteiger partial charge in [-0.05, 0) is 24.2 Å². The molecule has 0 unspecified atom stereocenters. The number of carbonyl (C=O) groups is 1. The van der Waals surface area contributed by atoms with Crippen LogP contribution >= 0.6 is 12.6 Å². The molecular weight excluding hydrogens is 218 g/mol. The third kappa shape index (κ3) is 5.81. The van der Waals surface area contributed by atoms with Crippen LogP contribution in [-0.4, -0.2) is 11.7 Å². The smallest absolute Gasteiger partial charge is 0.220 e. The van der Waals surface area contributed by atoms with E-state index >= 15 is 0 Å². The van der Waals surface area contributed by atoms with E-state index in [9.17, 15) is 4.79 Å². The van der Waals surface area contributed by atoms with Gasteiger partial charge in [-0.15, -0.1) is 0 Å². The molecule has 0 spiro atoms. The Labute approximate surface area is 103 Å². The SMILES string of the molecule is O=C(CCCCCS)NCc1ccccc1. The van der Waals surface area contributed by atoms with Crippen LogP contribution in [0.5, 0.6) is 0 Å². The number of amides is 1. The predicted molar refractivity (Wildman–Crippen MR) is 70.6 cm³/mol. The Hall–Kier alpha value is -0.960. The van der Waals surface area contributed by atoms with E-state index in [1.807, 2.05) is 30.3 Å². The van der Waals surface area contributed by atoms with Gasteiger partial charge in [0.25, 0.3) is 0 Å². The van der Waals surface area contributed by atoms with Crippen molar-refractivity contribution < 1.29 is 4.79 Å². The van der Waals surface area contributed by atoms with Crippen LogP contribution in [0.1, 0.15) is 31.2 Å². The second kappa shape index (κ2) is 8.22. The zero-order valence-electron chi connectivity index (χ0n) is 9.48. The first-order valence-corrected chi connectivity index (χ1v) is 6.37. The summed E-state index contributed by atoms with van der Waals surface area (Å²) in [6.45, 7) is 0.631. The molecule has 0 atom stereocenters. The highest BCUT2D eigenvalue weighted by atomic mass is 32.1. The number of hydrogen-bond donors (Lipinski definition) is 2. The molecule has 0 heterocycles. The molecule has 3 heteroatoms. The summed E-state index contributed by atoms with van der Waals surface area (Å²) in [7, 11) is 0. The van der Waals surface area contributed by atoms with Crippen molar-refractivity contribution in [1.29, 1.82) is 0 Å². The first-order valence-electron chi connectivity index (χ1n) is 5.74. The molecule has 0 radical (unpaired) electrons. The van der Waals surface area contributed by atoms with E-state index in [-0.39, 0.29) is 5.91 Å². The minimum absolute atomic E-state index is 0.142. The molecule has 0 aliphatic carbocycles. The van der Waals surface area contributed by atoms with Crippen LogP contribution in [0.15, 0.2) is 30.3 Å². The lowest BCUT2D eigenvalue weighted by Gasteiger charge is -2.04. The largest absolute Gasteiger partial charge is 0.352 e. The van der Waals surface area contributed by atoms with Gasteiger partial charge in [0.05, 0.1) is 0 Å². The van der Waals surface area contributed by atoms with Crippen LogP contribution in [0.25, 0.3) is 0 Å². The summed E-state index contributed by atoms with van der Waals surface area (Å²) in [4.78, 5) is 11.4. The van der Waals surface area contributed by atoms with E-state index in [0.717, 1.165) is 30.6 Å².